The van der Waals surface area contributed by atoms with Crippen molar-refractivity contribution >= 4 is 33.9 Å². The van der Waals surface area contributed by atoms with Crippen LogP contribution in [-0.2, 0) is 6.54 Å². The Morgan fingerprint density at radius 3 is 3.00 bits per heavy atom. The smallest absolute Gasteiger partial charge is 0.142 e. The molecule has 0 radical (unpaired) electrons. The second kappa shape index (κ2) is 6.30. The van der Waals surface area contributed by atoms with Gasteiger partial charge >= 0.3 is 0 Å². The van der Waals surface area contributed by atoms with Gasteiger partial charge in [0.25, 0.3) is 0 Å². The van der Waals surface area contributed by atoms with E-state index in [2.05, 4.69) is 40.3 Å². The fourth-order valence-corrected chi connectivity index (χ4v) is 3.10. The van der Waals surface area contributed by atoms with Gasteiger partial charge in [0.15, 0.2) is 0 Å². The maximum atomic E-state index is 6.05. The zero-order valence-electron chi connectivity index (χ0n) is 13.4. The average molecular weight is 340 g/mol. The lowest BCUT2D eigenvalue weighted by Gasteiger charge is -2.28. The lowest BCUT2D eigenvalue weighted by Crippen LogP contribution is -2.31. The molecule has 0 amide bonds. The molecule has 0 bridgehead atoms. The van der Waals surface area contributed by atoms with Crippen LogP contribution in [0, 0.1) is 0 Å². The first kappa shape index (κ1) is 15.2. The highest BCUT2D eigenvalue weighted by atomic mass is 35.5. The molecule has 5 heteroatoms. The van der Waals surface area contributed by atoms with E-state index in [1.165, 1.54) is 5.56 Å². The maximum Gasteiger partial charge on any atom is 0.142 e. The highest BCUT2D eigenvalue weighted by molar-refractivity contribution is 6.31. The molecule has 4 rings (SSSR count). The molecule has 122 valence electrons. The first-order valence-corrected chi connectivity index (χ1v) is 8.40. The standard InChI is InChI=1S/C19H18ClN3O/c1-2-23-11-13-3-5-15(10-19(13)24-12-23)22-17-7-8-21-18-9-14(20)4-6-16(17)18/h3-10H,2,11-12H2,1H3,(H,21,22). The van der Waals surface area contributed by atoms with Crippen molar-refractivity contribution in [2.75, 3.05) is 18.6 Å². The number of aromatic nitrogens is 1. The lowest BCUT2D eigenvalue weighted by atomic mass is 10.1. The summed E-state index contributed by atoms with van der Waals surface area (Å²) in [5.74, 6) is 0.950. The molecule has 24 heavy (non-hydrogen) atoms. The number of benzene rings is 2. The third-order valence-electron chi connectivity index (χ3n) is 4.29. The molecule has 0 fully saturated rings. The van der Waals surface area contributed by atoms with Crippen LogP contribution in [0.5, 0.6) is 5.75 Å². The summed E-state index contributed by atoms with van der Waals surface area (Å²) in [6, 6.07) is 14.0. The van der Waals surface area contributed by atoms with Crippen LogP contribution < -0.4 is 10.1 Å². The molecule has 3 aromatic rings. The predicted molar refractivity (Wildman–Crippen MR) is 98.1 cm³/mol. The number of fused-ring (bicyclic) bond motifs is 2. The van der Waals surface area contributed by atoms with Crippen LogP contribution >= 0.6 is 11.6 Å². The number of rotatable bonds is 3. The van der Waals surface area contributed by atoms with Crippen molar-refractivity contribution < 1.29 is 4.74 Å². The summed E-state index contributed by atoms with van der Waals surface area (Å²) in [6.07, 6.45) is 1.79. The van der Waals surface area contributed by atoms with Gasteiger partial charge in [-0.15, -0.1) is 0 Å². The molecule has 0 atom stereocenters. The monoisotopic (exact) mass is 339 g/mol. The van der Waals surface area contributed by atoms with Crippen LogP contribution in [0.15, 0.2) is 48.7 Å². The molecule has 0 spiro atoms. The minimum atomic E-state index is 0.643. The van der Waals surface area contributed by atoms with Crippen molar-refractivity contribution in [2.45, 2.75) is 13.5 Å². The Balaban J connectivity index is 1.65. The van der Waals surface area contributed by atoms with E-state index in [1.54, 1.807) is 6.20 Å². The number of hydrogen-bond donors (Lipinski definition) is 1. The van der Waals surface area contributed by atoms with Gasteiger partial charge in [0.2, 0.25) is 0 Å². The Kier molecular flexibility index (Phi) is 4.00. The van der Waals surface area contributed by atoms with E-state index in [-0.39, 0.29) is 0 Å². The maximum absolute atomic E-state index is 6.05. The van der Waals surface area contributed by atoms with Crippen LogP contribution in [0.3, 0.4) is 0 Å². The summed E-state index contributed by atoms with van der Waals surface area (Å²) in [6.45, 7) is 4.71. The van der Waals surface area contributed by atoms with Crippen molar-refractivity contribution in [3.8, 4) is 5.75 Å². The van der Waals surface area contributed by atoms with E-state index in [0.717, 1.165) is 41.1 Å². The number of anilines is 2. The van der Waals surface area contributed by atoms with Crippen molar-refractivity contribution in [3.05, 3.63) is 59.2 Å². The van der Waals surface area contributed by atoms with Crippen molar-refractivity contribution in [3.63, 3.8) is 0 Å². The molecule has 0 saturated carbocycles. The summed E-state index contributed by atoms with van der Waals surface area (Å²) in [5.41, 5.74) is 4.10. The van der Waals surface area contributed by atoms with Crippen LogP contribution in [0.4, 0.5) is 11.4 Å². The molecule has 0 saturated heterocycles. The van der Waals surface area contributed by atoms with Crippen molar-refractivity contribution in [1.82, 2.24) is 9.88 Å². The largest absolute Gasteiger partial charge is 0.478 e. The van der Waals surface area contributed by atoms with Gasteiger partial charge in [0.05, 0.1) is 5.52 Å². The Bertz CT molecular complexity index is 897. The second-order valence-electron chi connectivity index (χ2n) is 5.89. The zero-order valence-corrected chi connectivity index (χ0v) is 14.2. The van der Waals surface area contributed by atoms with Gasteiger partial charge in [0.1, 0.15) is 12.5 Å². The average Bonchev–Trinajstić information content (AvgIpc) is 2.61. The molecule has 0 unspecified atom stereocenters. The van der Waals surface area contributed by atoms with Crippen molar-refractivity contribution in [2.24, 2.45) is 0 Å². The number of ether oxygens (including phenoxy) is 1. The van der Waals surface area contributed by atoms with Gasteiger partial charge in [-0.2, -0.15) is 0 Å². The fraction of sp³-hybridized carbons (Fsp3) is 0.211. The van der Waals surface area contributed by atoms with Crippen LogP contribution in [0.25, 0.3) is 10.9 Å². The minimum absolute atomic E-state index is 0.643. The summed E-state index contributed by atoms with van der Waals surface area (Å²) < 4.78 is 5.86. The third kappa shape index (κ3) is 2.90. The Morgan fingerprint density at radius 1 is 1.21 bits per heavy atom. The lowest BCUT2D eigenvalue weighted by molar-refractivity contribution is 0.101. The number of nitrogens with zero attached hydrogens (tertiary/aromatic N) is 2. The first-order chi connectivity index (χ1) is 11.7. The molecule has 2 aromatic carbocycles. The van der Waals surface area contributed by atoms with Gasteiger partial charge in [-0.25, -0.2) is 0 Å². The Morgan fingerprint density at radius 2 is 2.12 bits per heavy atom. The molecule has 1 aliphatic rings. The highest BCUT2D eigenvalue weighted by Gasteiger charge is 2.16. The predicted octanol–water partition coefficient (Wildman–Crippen LogP) is 4.80. The van der Waals surface area contributed by atoms with Crippen LogP contribution in [0.2, 0.25) is 5.02 Å². The molecule has 1 aliphatic heterocycles. The van der Waals surface area contributed by atoms with Crippen molar-refractivity contribution in [1.29, 1.82) is 0 Å². The van der Waals surface area contributed by atoms with E-state index in [4.69, 9.17) is 16.3 Å². The van der Waals surface area contributed by atoms with E-state index >= 15 is 0 Å². The minimum Gasteiger partial charge on any atom is -0.478 e. The highest BCUT2D eigenvalue weighted by Crippen LogP contribution is 2.31. The molecular formula is C19H18ClN3O. The molecule has 1 N–H and O–H groups in total. The van der Waals surface area contributed by atoms with Gasteiger partial charge < -0.3 is 10.1 Å². The summed E-state index contributed by atoms with van der Waals surface area (Å²) in [5, 5.41) is 5.19. The van der Waals surface area contributed by atoms with E-state index < -0.39 is 0 Å². The zero-order chi connectivity index (χ0) is 16.5. The topological polar surface area (TPSA) is 37.4 Å². The summed E-state index contributed by atoms with van der Waals surface area (Å²) >= 11 is 6.05. The number of hydrogen-bond acceptors (Lipinski definition) is 4. The normalized spacial score (nSPS) is 14.2. The van der Waals surface area contributed by atoms with Gasteiger partial charge in [0, 0.05) is 46.2 Å². The summed E-state index contributed by atoms with van der Waals surface area (Å²) in [7, 11) is 0. The number of pyridine rings is 1. The molecule has 1 aromatic heterocycles. The Labute approximate surface area is 146 Å². The van der Waals surface area contributed by atoms with Gasteiger partial charge in [-0.1, -0.05) is 24.6 Å². The van der Waals surface area contributed by atoms with E-state index in [0.29, 0.717) is 11.8 Å². The quantitative estimate of drug-likeness (QED) is 0.743. The summed E-state index contributed by atoms with van der Waals surface area (Å²) in [4.78, 5) is 6.64. The molecule has 2 heterocycles. The SMILES string of the molecule is CCN1COc2cc(Nc3ccnc4cc(Cl)ccc34)ccc2C1. The molecule has 0 aliphatic carbocycles. The van der Waals surface area contributed by atoms with Gasteiger partial charge in [-0.05, 0) is 36.9 Å². The third-order valence-corrected chi connectivity index (χ3v) is 4.53. The second-order valence-corrected chi connectivity index (χ2v) is 6.32. The van der Waals surface area contributed by atoms with E-state index in [1.807, 2.05) is 24.3 Å². The number of halogens is 1. The molecule has 4 nitrogen and oxygen atoms in total. The van der Waals surface area contributed by atoms with E-state index in [9.17, 15) is 0 Å². The Hall–Kier alpha value is -2.30. The molecular weight excluding hydrogens is 322 g/mol. The fourth-order valence-electron chi connectivity index (χ4n) is 2.93. The van der Waals surface area contributed by atoms with Crippen LogP contribution in [0.1, 0.15) is 12.5 Å². The van der Waals surface area contributed by atoms with Crippen LogP contribution in [-0.4, -0.2) is 23.2 Å². The number of nitrogens with one attached hydrogen (secondary N) is 1. The first-order valence-electron chi connectivity index (χ1n) is 8.02. The van der Waals surface area contributed by atoms with Gasteiger partial charge in [-0.3, -0.25) is 9.88 Å².